The van der Waals surface area contributed by atoms with Crippen LogP contribution in [0.4, 0.5) is 0 Å². The Morgan fingerprint density at radius 3 is 1.92 bits per heavy atom. The highest BCUT2D eigenvalue weighted by Gasteiger charge is 2.16. The molecule has 12 heavy (non-hydrogen) atoms. The van der Waals surface area contributed by atoms with Crippen molar-refractivity contribution in [3.63, 3.8) is 0 Å². The molecule has 0 heterocycles. The molecule has 0 aromatic heterocycles. The maximum Gasteiger partial charge on any atom is 0.303 e. The van der Waals surface area contributed by atoms with E-state index in [1.165, 1.54) is 6.92 Å². The number of rotatable bonds is 5. The van der Waals surface area contributed by atoms with Gasteiger partial charge < -0.3 is 9.90 Å². The zero-order valence-electron chi connectivity index (χ0n) is 7.83. The Morgan fingerprint density at radius 1 is 1.17 bits per heavy atom. The third kappa shape index (κ3) is 4.88. The highest BCUT2D eigenvalue weighted by atomic mass is 16.4. The highest BCUT2D eigenvalue weighted by molar-refractivity contribution is 5.75. The average Bonchev–Trinajstić information content (AvgIpc) is 1.84. The molecule has 3 nitrogen and oxygen atoms in total. The Kier molecular flexibility index (Phi) is 4.55. The van der Waals surface area contributed by atoms with Crippen molar-refractivity contribution in [1.29, 1.82) is 0 Å². The Labute approximate surface area is 72.8 Å². The minimum Gasteiger partial charge on any atom is -0.481 e. The molecule has 0 spiro atoms. The molecular weight excluding hydrogens is 156 g/mol. The second-order valence-corrected chi connectivity index (χ2v) is 3.46. The first-order valence-corrected chi connectivity index (χ1v) is 4.14. The van der Waals surface area contributed by atoms with E-state index in [1.54, 1.807) is 0 Å². The van der Waals surface area contributed by atoms with E-state index in [4.69, 9.17) is 5.11 Å². The number of carbonyl (C=O) groups is 2. The van der Waals surface area contributed by atoms with Gasteiger partial charge in [0.1, 0.15) is 5.78 Å². The van der Waals surface area contributed by atoms with Crippen molar-refractivity contribution in [2.45, 2.75) is 33.6 Å². The van der Waals surface area contributed by atoms with Gasteiger partial charge in [0, 0.05) is 12.8 Å². The van der Waals surface area contributed by atoms with Crippen molar-refractivity contribution < 1.29 is 14.7 Å². The van der Waals surface area contributed by atoms with Crippen molar-refractivity contribution >= 4 is 11.8 Å². The number of Topliss-reactive ketones (excluding diaryl/α,β-unsaturated/α-hetero) is 1. The lowest BCUT2D eigenvalue weighted by molar-refractivity contribution is -0.138. The van der Waals surface area contributed by atoms with Crippen LogP contribution in [0.5, 0.6) is 0 Å². The summed E-state index contributed by atoms with van der Waals surface area (Å²) in [7, 11) is 0. The van der Waals surface area contributed by atoms with Gasteiger partial charge in [0.25, 0.3) is 0 Å². The van der Waals surface area contributed by atoms with Gasteiger partial charge in [-0.2, -0.15) is 0 Å². The summed E-state index contributed by atoms with van der Waals surface area (Å²) in [5.41, 5.74) is 0. The van der Waals surface area contributed by atoms with Crippen molar-refractivity contribution in [3.05, 3.63) is 0 Å². The van der Waals surface area contributed by atoms with Crippen LogP contribution in [0.15, 0.2) is 0 Å². The fourth-order valence-corrected chi connectivity index (χ4v) is 1.13. The molecule has 0 aliphatic rings. The maximum absolute atomic E-state index is 10.7. The normalized spacial score (nSPS) is 15.2. The molecule has 3 heteroatoms. The molecule has 2 unspecified atom stereocenters. The Morgan fingerprint density at radius 2 is 1.58 bits per heavy atom. The van der Waals surface area contributed by atoms with E-state index >= 15 is 0 Å². The Balaban J connectivity index is 3.83. The van der Waals surface area contributed by atoms with Crippen molar-refractivity contribution in [1.82, 2.24) is 0 Å². The van der Waals surface area contributed by atoms with E-state index in [0.717, 1.165) is 0 Å². The predicted molar refractivity (Wildman–Crippen MR) is 45.9 cm³/mol. The van der Waals surface area contributed by atoms with Crippen LogP contribution in [0.2, 0.25) is 0 Å². The zero-order valence-corrected chi connectivity index (χ0v) is 7.83. The second kappa shape index (κ2) is 4.91. The van der Waals surface area contributed by atoms with Gasteiger partial charge in [-0.25, -0.2) is 0 Å². The first kappa shape index (κ1) is 11.1. The third-order valence-electron chi connectivity index (χ3n) is 2.08. The van der Waals surface area contributed by atoms with E-state index in [0.29, 0.717) is 6.42 Å². The van der Waals surface area contributed by atoms with Crippen LogP contribution >= 0.6 is 0 Å². The van der Waals surface area contributed by atoms with Crippen LogP contribution in [0.25, 0.3) is 0 Å². The summed E-state index contributed by atoms with van der Waals surface area (Å²) in [6.07, 6.45) is 0.628. The van der Waals surface area contributed by atoms with Crippen molar-refractivity contribution in [3.8, 4) is 0 Å². The Bertz CT molecular complexity index is 155. The molecule has 0 fully saturated rings. The van der Waals surface area contributed by atoms with Gasteiger partial charge >= 0.3 is 5.97 Å². The van der Waals surface area contributed by atoms with Crippen LogP contribution in [0, 0.1) is 11.8 Å². The lowest BCUT2D eigenvalue weighted by Gasteiger charge is -2.15. The molecule has 0 bridgehead atoms. The largest absolute Gasteiger partial charge is 0.481 e. The summed E-state index contributed by atoms with van der Waals surface area (Å²) in [6.45, 7) is 5.31. The van der Waals surface area contributed by atoms with Gasteiger partial charge in [-0.1, -0.05) is 13.8 Å². The van der Waals surface area contributed by atoms with Crippen LogP contribution in [-0.4, -0.2) is 16.9 Å². The van der Waals surface area contributed by atoms with E-state index in [2.05, 4.69) is 0 Å². The fourth-order valence-electron chi connectivity index (χ4n) is 1.13. The standard InChI is InChI=1S/C9H16O3/c1-6(4-8(3)10)7(2)5-9(11)12/h6-7H,4-5H2,1-3H3,(H,11,12). The average molecular weight is 172 g/mol. The van der Waals surface area contributed by atoms with Crippen molar-refractivity contribution in [2.75, 3.05) is 0 Å². The first-order valence-electron chi connectivity index (χ1n) is 4.14. The molecule has 0 aromatic rings. The van der Waals surface area contributed by atoms with E-state index in [-0.39, 0.29) is 24.0 Å². The van der Waals surface area contributed by atoms with E-state index in [1.807, 2.05) is 13.8 Å². The quantitative estimate of drug-likeness (QED) is 0.686. The molecule has 0 radical (unpaired) electrons. The monoisotopic (exact) mass is 172 g/mol. The van der Waals surface area contributed by atoms with Gasteiger partial charge in [-0.3, -0.25) is 4.79 Å². The minimum atomic E-state index is -0.794. The summed E-state index contributed by atoms with van der Waals surface area (Å²) >= 11 is 0. The van der Waals surface area contributed by atoms with Gasteiger partial charge in [0.2, 0.25) is 0 Å². The molecule has 0 aliphatic heterocycles. The van der Waals surface area contributed by atoms with Crippen LogP contribution in [0.3, 0.4) is 0 Å². The van der Waals surface area contributed by atoms with Crippen LogP contribution in [-0.2, 0) is 9.59 Å². The molecule has 0 amide bonds. The molecular formula is C9H16O3. The lowest BCUT2D eigenvalue weighted by atomic mass is 9.89. The second-order valence-electron chi connectivity index (χ2n) is 3.46. The number of ketones is 1. The number of hydrogen-bond donors (Lipinski definition) is 1. The molecule has 0 saturated carbocycles. The van der Waals surface area contributed by atoms with E-state index < -0.39 is 5.97 Å². The number of carbonyl (C=O) groups excluding carboxylic acids is 1. The number of hydrogen-bond acceptors (Lipinski definition) is 2. The summed E-state index contributed by atoms with van der Waals surface area (Å²) in [5, 5.41) is 8.48. The summed E-state index contributed by atoms with van der Waals surface area (Å²) in [4.78, 5) is 21.0. The van der Waals surface area contributed by atoms with Crippen LogP contribution < -0.4 is 0 Å². The lowest BCUT2D eigenvalue weighted by Crippen LogP contribution is -2.15. The number of carboxylic acids is 1. The molecule has 0 aromatic carbocycles. The molecule has 2 atom stereocenters. The van der Waals surface area contributed by atoms with Gasteiger partial charge in [-0.05, 0) is 18.8 Å². The summed E-state index contributed by atoms with van der Waals surface area (Å²) < 4.78 is 0. The molecule has 0 saturated heterocycles. The molecule has 1 N–H and O–H groups in total. The molecule has 0 aliphatic carbocycles. The summed E-state index contributed by atoms with van der Waals surface area (Å²) in [6, 6.07) is 0. The number of aliphatic carboxylic acids is 1. The smallest absolute Gasteiger partial charge is 0.303 e. The fraction of sp³-hybridized carbons (Fsp3) is 0.778. The topological polar surface area (TPSA) is 54.4 Å². The zero-order chi connectivity index (χ0) is 9.72. The predicted octanol–water partition coefficient (Wildman–Crippen LogP) is 1.71. The van der Waals surface area contributed by atoms with Crippen molar-refractivity contribution in [2.24, 2.45) is 11.8 Å². The first-order chi connectivity index (χ1) is 5.43. The Hall–Kier alpha value is -0.860. The highest BCUT2D eigenvalue weighted by Crippen LogP contribution is 2.18. The van der Waals surface area contributed by atoms with Gasteiger partial charge in [-0.15, -0.1) is 0 Å². The third-order valence-corrected chi connectivity index (χ3v) is 2.08. The number of carboxylic acid groups (broad SMARTS) is 1. The minimum absolute atomic E-state index is 0.0754. The summed E-state index contributed by atoms with van der Waals surface area (Å²) in [5.74, 6) is -0.428. The van der Waals surface area contributed by atoms with Gasteiger partial charge in [0.05, 0.1) is 0 Å². The van der Waals surface area contributed by atoms with Crippen LogP contribution in [0.1, 0.15) is 33.6 Å². The van der Waals surface area contributed by atoms with Gasteiger partial charge in [0.15, 0.2) is 0 Å². The van der Waals surface area contributed by atoms with E-state index in [9.17, 15) is 9.59 Å². The SMILES string of the molecule is CC(=O)CC(C)C(C)CC(=O)O. The molecule has 0 rings (SSSR count). The molecule has 70 valence electrons. The maximum atomic E-state index is 10.7.